The number of hydrogen-bond acceptors (Lipinski definition) is 8. The van der Waals surface area contributed by atoms with Crippen LogP contribution in [0.5, 0.6) is 0 Å². The number of anilines is 3. The van der Waals surface area contributed by atoms with Gasteiger partial charge in [0.15, 0.2) is 23.1 Å². The number of amides is 1. The van der Waals surface area contributed by atoms with Crippen LogP contribution in [0, 0.1) is 11.6 Å². The van der Waals surface area contributed by atoms with E-state index >= 15 is 0 Å². The first-order valence-electron chi connectivity index (χ1n) is 9.82. The summed E-state index contributed by atoms with van der Waals surface area (Å²) in [5.41, 5.74) is 6.39. The lowest BCUT2D eigenvalue weighted by molar-refractivity contribution is -0.0117. The standard InChI is InChI=1S/C19H20F2N8O2/c20-11-5-24-18-15(17(22)26-29(18)8-11)19(30)25-14-7-23-6-13(21)16(14)28-2-1-27-3-4-31-10-12(27)9-28/h5-8,12H,1-4,9-10H2,(H2,22,26)(H,25,30). The highest BCUT2D eigenvalue weighted by Gasteiger charge is 2.32. The highest BCUT2D eigenvalue weighted by molar-refractivity contribution is 6.12. The van der Waals surface area contributed by atoms with Crippen LogP contribution >= 0.6 is 0 Å². The van der Waals surface area contributed by atoms with E-state index in [0.29, 0.717) is 26.3 Å². The van der Waals surface area contributed by atoms with Gasteiger partial charge in [0.1, 0.15) is 11.3 Å². The predicted molar refractivity (Wildman–Crippen MR) is 108 cm³/mol. The first-order chi connectivity index (χ1) is 15.0. The van der Waals surface area contributed by atoms with Crippen molar-refractivity contribution >= 4 is 28.7 Å². The molecule has 2 fully saturated rings. The Kier molecular flexibility index (Phi) is 4.87. The molecule has 1 unspecified atom stereocenters. The second kappa shape index (κ2) is 7.71. The molecule has 0 radical (unpaired) electrons. The fourth-order valence-electron chi connectivity index (χ4n) is 4.12. The number of aromatic nitrogens is 4. The van der Waals surface area contributed by atoms with E-state index < -0.39 is 17.5 Å². The molecule has 2 saturated heterocycles. The number of nitrogens with one attached hydrogen (secondary N) is 1. The smallest absolute Gasteiger partial charge is 0.263 e. The van der Waals surface area contributed by atoms with Crippen LogP contribution in [-0.4, -0.2) is 75.8 Å². The molecule has 0 aliphatic carbocycles. The number of halogens is 2. The normalized spacial score (nSPS) is 19.4. The van der Waals surface area contributed by atoms with Gasteiger partial charge >= 0.3 is 0 Å². The molecule has 5 rings (SSSR count). The molecule has 31 heavy (non-hydrogen) atoms. The zero-order chi connectivity index (χ0) is 21.5. The summed E-state index contributed by atoms with van der Waals surface area (Å²) < 4.78 is 34.9. The molecule has 162 valence electrons. The van der Waals surface area contributed by atoms with Crippen LogP contribution in [0.2, 0.25) is 0 Å². The van der Waals surface area contributed by atoms with Crippen LogP contribution in [0.15, 0.2) is 24.8 Å². The molecule has 3 aromatic heterocycles. The van der Waals surface area contributed by atoms with Crippen molar-refractivity contribution in [1.29, 1.82) is 0 Å². The molecule has 3 aromatic rings. The average Bonchev–Trinajstić information content (AvgIpc) is 3.08. The Hall–Kier alpha value is -3.38. The van der Waals surface area contributed by atoms with Crippen molar-refractivity contribution in [2.75, 3.05) is 55.3 Å². The van der Waals surface area contributed by atoms with Crippen LogP contribution in [-0.2, 0) is 4.74 Å². The van der Waals surface area contributed by atoms with Crippen molar-refractivity contribution in [2.45, 2.75) is 6.04 Å². The summed E-state index contributed by atoms with van der Waals surface area (Å²) in [6.45, 7) is 4.04. The van der Waals surface area contributed by atoms with Crippen LogP contribution in [0.3, 0.4) is 0 Å². The molecule has 1 amide bonds. The fraction of sp³-hybridized carbons (Fsp3) is 0.368. The van der Waals surface area contributed by atoms with Crippen LogP contribution < -0.4 is 16.0 Å². The number of fused-ring (bicyclic) bond motifs is 2. The van der Waals surface area contributed by atoms with Gasteiger partial charge in [-0.1, -0.05) is 0 Å². The van der Waals surface area contributed by atoms with Crippen molar-refractivity contribution < 1.29 is 18.3 Å². The molecule has 1 atom stereocenters. The monoisotopic (exact) mass is 430 g/mol. The van der Waals surface area contributed by atoms with E-state index in [2.05, 4.69) is 25.3 Å². The van der Waals surface area contributed by atoms with E-state index in [-0.39, 0.29) is 34.4 Å². The van der Waals surface area contributed by atoms with Gasteiger partial charge in [0.05, 0.1) is 49.7 Å². The molecular weight excluding hydrogens is 410 g/mol. The van der Waals surface area contributed by atoms with Crippen LogP contribution in [0.4, 0.5) is 26.0 Å². The molecule has 12 heteroatoms. The van der Waals surface area contributed by atoms with Crippen LogP contribution in [0.1, 0.15) is 10.4 Å². The second-order valence-electron chi connectivity index (χ2n) is 7.48. The van der Waals surface area contributed by atoms with Gasteiger partial charge in [-0.25, -0.2) is 18.3 Å². The van der Waals surface area contributed by atoms with Gasteiger partial charge in [0.2, 0.25) is 0 Å². The maximum atomic E-state index is 14.8. The van der Waals surface area contributed by atoms with E-state index in [1.165, 1.54) is 6.20 Å². The lowest BCUT2D eigenvalue weighted by Gasteiger charge is -2.44. The van der Waals surface area contributed by atoms with Crippen molar-refractivity contribution in [3.05, 3.63) is 42.0 Å². The van der Waals surface area contributed by atoms with Gasteiger partial charge in [-0.15, -0.1) is 5.10 Å². The summed E-state index contributed by atoms with van der Waals surface area (Å²) in [5.74, 6) is -1.92. The zero-order valence-electron chi connectivity index (χ0n) is 16.5. The van der Waals surface area contributed by atoms with Crippen molar-refractivity contribution in [3.63, 3.8) is 0 Å². The van der Waals surface area contributed by atoms with Gasteiger partial charge in [-0.05, 0) is 0 Å². The largest absolute Gasteiger partial charge is 0.381 e. The number of carbonyl (C=O) groups excluding carboxylic acids is 1. The molecule has 10 nitrogen and oxygen atoms in total. The Morgan fingerprint density at radius 1 is 1.23 bits per heavy atom. The quantitative estimate of drug-likeness (QED) is 0.626. The Bertz CT molecular complexity index is 1150. The van der Waals surface area contributed by atoms with Crippen LogP contribution in [0.25, 0.3) is 5.65 Å². The maximum absolute atomic E-state index is 14.8. The predicted octanol–water partition coefficient (Wildman–Crippen LogP) is 0.758. The summed E-state index contributed by atoms with van der Waals surface area (Å²) in [5, 5.41) is 6.60. The third-order valence-electron chi connectivity index (χ3n) is 5.57. The summed E-state index contributed by atoms with van der Waals surface area (Å²) in [6, 6.07) is 0.146. The van der Waals surface area contributed by atoms with E-state index in [1.807, 2.05) is 4.90 Å². The number of morpholine rings is 1. The number of hydrogen-bond donors (Lipinski definition) is 2. The Balaban J connectivity index is 1.45. The summed E-state index contributed by atoms with van der Waals surface area (Å²) in [7, 11) is 0. The van der Waals surface area contributed by atoms with Crippen molar-refractivity contribution in [1.82, 2.24) is 24.5 Å². The SMILES string of the molecule is Nc1nn2cc(F)cnc2c1C(=O)Nc1cncc(F)c1N1CCN2CCOCC2C1. The van der Waals surface area contributed by atoms with Gasteiger partial charge < -0.3 is 20.7 Å². The number of rotatable bonds is 3. The highest BCUT2D eigenvalue weighted by atomic mass is 19.1. The Morgan fingerprint density at radius 2 is 2.10 bits per heavy atom. The van der Waals surface area contributed by atoms with E-state index in [4.69, 9.17) is 10.5 Å². The maximum Gasteiger partial charge on any atom is 0.263 e. The molecule has 0 saturated carbocycles. The first-order valence-corrected chi connectivity index (χ1v) is 9.82. The molecule has 0 aromatic carbocycles. The third-order valence-corrected chi connectivity index (χ3v) is 5.57. The van der Waals surface area contributed by atoms with Crippen molar-refractivity contribution in [2.24, 2.45) is 0 Å². The molecule has 5 heterocycles. The second-order valence-corrected chi connectivity index (χ2v) is 7.48. The first kappa shape index (κ1) is 19.6. The Morgan fingerprint density at radius 3 is 2.97 bits per heavy atom. The van der Waals surface area contributed by atoms with E-state index in [9.17, 15) is 13.6 Å². The molecule has 2 aliphatic heterocycles. The van der Waals surface area contributed by atoms with E-state index in [1.54, 1.807) is 0 Å². The number of ether oxygens (including phenoxy) is 1. The fourth-order valence-corrected chi connectivity index (χ4v) is 4.12. The number of pyridine rings is 1. The topological polar surface area (TPSA) is 114 Å². The number of nitrogens with zero attached hydrogens (tertiary/aromatic N) is 6. The van der Waals surface area contributed by atoms with Gasteiger partial charge in [-0.2, -0.15) is 0 Å². The Labute approximate surface area is 175 Å². The number of nitrogen functional groups attached to an aromatic ring is 1. The zero-order valence-corrected chi connectivity index (χ0v) is 16.5. The van der Waals surface area contributed by atoms with Gasteiger partial charge in [0.25, 0.3) is 5.91 Å². The summed E-state index contributed by atoms with van der Waals surface area (Å²) in [6.07, 6.45) is 4.53. The third kappa shape index (κ3) is 3.53. The lowest BCUT2D eigenvalue weighted by Crippen LogP contribution is -2.58. The average molecular weight is 430 g/mol. The lowest BCUT2D eigenvalue weighted by atomic mass is 10.1. The number of nitrogens with two attached hydrogens (primary N) is 1. The van der Waals surface area contributed by atoms with Gasteiger partial charge in [0, 0.05) is 26.2 Å². The van der Waals surface area contributed by atoms with Gasteiger partial charge in [-0.3, -0.25) is 14.7 Å². The minimum Gasteiger partial charge on any atom is -0.381 e. The van der Waals surface area contributed by atoms with Crippen molar-refractivity contribution in [3.8, 4) is 0 Å². The molecule has 0 bridgehead atoms. The minimum atomic E-state index is -0.639. The summed E-state index contributed by atoms with van der Waals surface area (Å²) in [4.78, 5) is 25.0. The van der Waals surface area contributed by atoms with E-state index in [0.717, 1.165) is 36.2 Å². The summed E-state index contributed by atoms with van der Waals surface area (Å²) >= 11 is 0. The molecule has 0 spiro atoms. The molecule has 3 N–H and O–H groups in total. The highest BCUT2D eigenvalue weighted by Crippen LogP contribution is 2.31. The molecule has 2 aliphatic rings. The number of piperazine rings is 1. The number of carbonyl (C=O) groups is 1. The molecular formula is C19H20F2N8O2. The minimum absolute atomic E-state index is 0.0271.